The standard InChI is InChI=1S/C23H24FN3O4/c1-14(2)13-31-19-11-5-16(6-12-19)23(4)21(29)27(22(30)26-23)15(3)20(28)25-18-9-7-17(24)8-10-18/h5-12,15H,1,13H2,2-4H3,(H,25,28)(H,26,30). The van der Waals surface area contributed by atoms with Gasteiger partial charge in [0.05, 0.1) is 0 Å². The summed E-state index contributed by atoms with van der Waals surface area (Å²) in [6.45, 7) is 9.04. The molecule has 2 atom stereocenters. The van der Waals surface area contributed by atoms with Crippen LogP contribution < -0.4 is 15.4 Å². The van der Waals surface area contributed by atoms with Crippen molar-refractivity contribution < 1.29 is 23.5 Å². The van der Waals surface area contributed by atoms with Crippen molar-refractivity contribution in [2.24, 2.45) is 0 Å². The van der Waals surface area contributed by atoms with Gasteiger partial charge in [-0.25, -0.2) is 14.1 Å². The van der Waals surface area contributed by atoms with E-state index >= 15 is 0 Å². The van der Waals surface area contributed by atoms with Crippen LogP contribution in [-0.2, 0) is 15.1 Å². The molecular weight excluding hydrogens is 401 g/mol. The Hall–Kier alpha value is -3.68. The number of nitrogens with one attached hydrogen (secondary N) is 2. The van der Waals surface area contributed by atoms with Gasteiger partial charge in [-0.3, -0.25) is 9.59 Å². The van der Waals surface area contributed by atoms with Crippen LogP contribution in [0, 0.1) is 5.82 Å². The third-order valence-electron chi connectivity index (χ3n) is 5.02. The normalized spacial score (nSPS) is 19.0. The molecule has 2 N–H and O–H groups in total. The maximum atomic E-state index is 13.2. The third-order valence-corrected chi connectivity index (χ3v) is 5.02. The SMILES string of the molecule is C=C(C)COc1ccc(C2(C)NC(=O)N(C(C)C(=O)Nc3ccc(F)cc3)C2=O)cc1. The van der Waals surface area contributed by atoms with Crippen LogP contribution in [0.1, 0.15) is 26.3 Å². The summed E-state index contributed by atoms with van der Waals surface area (Å²) < 4.78 is 18.6. The molecule has 7 nitrogen and oxygen atoms in total. The molecule has 2 unspecified atom stereocenters. The lowest BCUT2D eigenvalue weighted by Crippen LogP contribution is -2.47. The maximum absolute atomic E-state index is 13.2. The molecule has 1 saturated heterocycles. The molecule has 0 bridgehead atoms. The van der Waals surface area contributed by atoms with E-state index in [1.165, 1.54) is 31.2 Å². The number of nitrogens with zero attached hydrogens (tertiary/aromatic N) is 1. The first-order chi connectivity index (χ1) is 14.6. The van der Waals surface area contributed by atoms with Crippen LogP contribution in [0.15, 0.2) is 60.7 Å². The van der Waals surface area contributed by atoms with Gasteiger partial charge in [0.15, 0.2) is 0 Å². The Bertz CT molecular complexity index is 1020. The quantitative estimate of drug-likeness (QED) is 0.524. The smallest absolute Gasteiger partial charge is 0.326 e. The van der Waals surface area contributed by atoms with E-state index in [-0.39, 0.29) is 0 Å². The van der Waals surface area contributed by atoms with E-state index in [0.717, 1.165) is 10.5 Å². The van der Waals surface area contributed by atoms with E-state index in [9.17, 15) is 18.8 Å². The number of carbonyl (C=O) groups excluding carboxylic acids is 3. The van der Waals surface area contributed by atoms with E-state index in [0.29, 0.717) is 23.6 Å². The number of halogens is 1. The van der Waals surface area contributed by atoms with Crippen LogP contribution in [0.3, 0.4) is 0 Å². The van der Waals surface area contributed by atoms with Crippen LogP contribution in [0.25, 0.3) is 0 Å². The molecule has 0 saturated carbocycles. The average Bonchev–Trinajstić information content (AvgIpc) is 2.97. The molecule has 4 amide bonds. The summed E-state index contributed by atoms with van der Waals surface area (Å²) in [5.41, 5.74) is 0.465. The average molecular weight is 425 g/mol. The number of benzene rings is 2. The van der Waals surface area contributed by atoms with E-state index in [1.54, 1.807) is 31.2 Å². The van der Waals surface area contributed by atoms with Crippen molar-refractivity contribution in [3.8, 4) is 5.75 Å². The van der Waals surface area contributed by atoms with Crippen LogP contribution >= 0.6 is 0 Å². The molecule has 1 aliphatic rings. The summed E-state index contributed by atoms with van der Waals surface area (Å²) in [5.74, 6) is -0.944. The summed E-state index contributed by atoms with van der Waals surface area (Å²) in [5, 5.41) is 5.26. The first-order valence-electron chi connectivity index (χ1n) is 9.72. The fraction of sp³-hybridized carbons (Fsp3) is 0.261. The van der Waals surface area contributed by atoms with Gasteiger partial charge in [0.1, 0.15) is 29.8 Å². The number of rotatable bonds is 7. The Kier molecular flexibility index (Phi) is 6.10. The Morgan fingerprint density at radius 3 is 2.39 bits per heavy atom. The molecule has 1 fully saturated rings. The molecular formula is C23H24FN3O4. The molecule has 8 heteroatoms. The number of amides is 4. The Morgan fingerprint density at radius 1 is 1.19 bits per heavy atom. The highest BCUT2D eigenvalue weighted by molar-refractivity contribution is 6.11. The second kappa shape index (κ2) is 8.59. The Morgan fingerprint density at radius 2 is 1.81 bits per heavy atom. The summed E-state index contributed by atoms with van der Waals surface area (Å²) in [6, 6.07) is 10.3. The van der Waals surface area contributed by atoms with Crippen molar-refractivity contribution in [2.45, 2.75) is 32.4 Å². The molecule has 2 aromatic carbocycles. The Balaban J connectivity index is 1.75. The van der Waals surface area contributed by atoms with Gasteiger partial charge in [0.2, 0.25) is 5.91 Å². The number of anilines is 1. The number of carbonyl (C=O) groups is 3. The summed E-state index contributed by atoms with van der Waals surface area (Å²) in [6.07, 6.45) is 0. The van der Waals surface area contributed by atoms with E-state index < -0.39 is 35.2 Å². The van der Waals surface area contributed by atoms with Crippen molar-refractivity contribution in [3.63, 3.8) is 0 Å². The maximum Gasteiger partial charge on any atom is 0.326 e. The minimum Gasteiger partial charge on any atom is -0.489 e. The highest BCUT2D eigenvalue weighted by Crippen LogP contribution is 2.31. The van der Waals surface area contributed by atoms with Gasteiger partial charge in [-0.05, 0) is 68.3 Å². The minimum atomic E-state index is -1.33. The first kappa shape index (κ1) is 22.0. The van der Waals surface area contributed by atoms with Gasteiger partial charge >= 0.3 is 6.03 Å². The summed E-state index contributed by atoms with van der Waals surface area (Å²) in [4.78, 5) is 39.2. The molecule has 0 spiro atoms. The molecule has 1 heterocycles. The third kappa shape index (κ3) is 4.58. The van der Waals surface area contributed by atoms with Crippen LogP contribution in [0.2, 0.25) is 0 Å². The molecule has 162 valence electrons. The van der Waals surface area contributed by atoms with Gasteiger partial charge in [-0.2, -0.15) is 0 Å². The molecule has 0 aromatic heterocycles. The fourth-order valence-electron chi connectivity index (χ4n) is 3.20. The lowest BCUT2D eigenvalue weighted by atomic mass is 9.91. The number of hydrogen-bond acceptors (Lipinski definition) is 4. The zero-order valence-electron chi connectivity index (χ0n) is 17.6. The van der Waals surface area contributed by atoms with Crippen molar-refractivity contribution in [3.05, 3.63) is 72.1 Å². The Labute approximate surface area is 179 Å². The number of hydrogen-bond donors (Lipinski definition) is 2. The molecule has 31 heavy (non-hydrogen) atoms. The van der Waals surface area contributed by atoms with Crippen molar-refractivity contribution in [1.29, 1.82) is 0 Å². The molecule has 0 radical (unpaired) electrons. The predicted octanol–water partition coefficient (Wildman–Crippen LogP) is 3.57. The zero-order valence-corrected chi connectivity index (χ0v) is 17.6. The summed E-state index contributed by atoms with van der Waals surface area (Å²) >= 11 is 0. The number of urea groups is 1. The van der Waals surface area contributed by atoms with Crippen molar-refractivity contribution in [2.75, 3.05) is 11.9 Å². The number of imide groups is 1. The first-order valence-corrected chi connectivity index (χ1v) is 9.72. The molecule has 3 rings (SSSR count). The van der Waals surface area contributed by atoms with Gasteiger partial charge < -0.3 is 15.4 Å². The van der Waals surface area contributed by atoms with Crippen molar-refractivity contribution >= 4 is 23.5 Å². The van der Waals surface area contributed by atoms with Gasteiger partial charge in [-0.15, -0.1) is 0 Å². The molecule has 0 aliphatic carbocycles. The van der Waals surface area contributed by atoms with Crippen LogP contribution in [-0.4, -0.2) is 35.4 Å². The highest BCUT2D eigenvalue weighted by atomic mass is 19.1. The predicted molar refractivity (Wildman–Crippen MR) is 114 cm³/mol. The zero-order chi connectivity index (χ0) is 22.8. The van der Waals surface area contributed by atoms with E-state index in [2.05, 4.69) is 17.2 Å². The lowest BCUT2D eigenvalue weighted by molar-refractivity contribution is -0.136. The second-order valence-corrected chi connectivity index (χ2v) is 7.67. The van der Waals surface area contributed by atoms with Gasteiger partial charge in [0, 0.05) is 5.69 Å². The number of ether oxygens (including phenoxy) is 1. The van der Waals surface area contributed by atoms with Crippen molar-refractivity contribution in [1.82, 2.24) is 10.2 Å². The molecule has 1 aliphatic heterocycles. The van der Waals surface area contributed by atoms with E-state index in [4.69, 9.17) is 4.74 Å². The monoisotopic (exact) mass is 425 g/mol. The van der Waals surface area contributed by atoms with Gasteiger partial charge in [0.25, 0.3) is 5.91 Å². The lowest BCUT2D eigenvalue weighted by Gasteiger charge is -2.24. The van der Waals surface area contributed by atoms with Crippen LogP contribution in [0.4, 0.5) is 14.9 Å². The minimum absolute atomic E-state index is 0.360. The highest BCUT2D eigenvalue weighted by Gasteiger charge is 2.51. The second-order valence-electron chi connectivity index (χ2n) is 7.67. The summed E-state index contributed by atoms with van der Waals surface area (Å²) in [7, 11) is 0. The van der Waals surface area contributed by atoms with Gasteiger partial charge in [-0.1, -0.05) is 18.7 Å². The fourth-order valence-corrected chi connectivity index (χ4v) is 3.20. The molecule has 2 aromatic rings. The topological polar surface area (TPSA) is 87.7 Å². The van der Waals surface area contributed by atoms with Crippen LogP contribution in [0.5, 0.6) is 5.75 Å². The largest absolute Gasteiger partial charge is 0.489 e. The van der Waals surface area contributed by atoms with E-state index in [1.807, 2.05) is 6.92 Å².